The van der Waals surface area contributed by atoms with Crippen LogP contribution in [0.3, 0.4) is 0 Å². The van der Waals surface area contributed by atoms with Crippen molar-refractivity contribution in [2.75, 3.05) is 12.4 Å². The van der Waals surface area contributed by atoms with E-state index in [0.29, 0.717) is 0 Å². The lowest BCUT2D eigenvalue weighted by Crippen LogP contribution is -2.34. The third-order valence-electron chi connectivity index (χ3n) is 1.87. The first kappa shape index (κ1) is 5.74. The number of rotatable bonds is 0. The summed E-state index contributed by atoms with van der Waals surface area (Å²) in [6, 6.07) is 0.729. The van der Waals surface area contributed by atoms with E-state index in [-0.39, 0.29) is 0 Å². The Morgan fingerprint density at radius 3 is 3.56 bits per heavy atom. The van der Waals surface area contributed by atoms with E-state index in [4.69, 9.17) is 0 Å². The summed E-state index contributed by atoms with van der Waals surface area (Å²) in [5, 5.41) is 4.20. The van der Waals surface area contributed by atoms with Crippen LogP contribution in [-0.2, 0) is 0 Å². The van der Waals surface area contributed by atoms with Crippen molar-refractivity contribution in [3.63, 3.8) is 0 Å². The molecular formula is C6H10N2S. The summed E-state index contributed by atoms with van der Waals surface area (Å²) in [6.07, 6.45) is 3.18. The van der Waals surface area contributed by atoms with E-state index in [0.717, 1.165) is 30.1 Å². The molecule has 0 saturated carbocycles. The van der Waals surface area contributed by atoms with Gasteiger partial charge < -0.3 is 5.32 Å². The molecule has 1 fully saturated rings. The summed E-state index contributed by atoms with van der Waals surface area (Å²) in [5.74, 6) is 1.12. The highest BCUT2D eigenvalue weighted by atomic mass is 32.2. The normalized spacial score (nSPS) is 40.9. The molecule has 2 rings (SSSR count). The Morgan fingerprint density at radius 2 is 2.67 bits per heavy atom. The van der Waals surface area contributed by atoms with Crippen molar-refractivity contribution in [1.29, 1.82) is 0 Å². The Bertz CT molecular complexity index is 121. The van der Waals surface area contributed by atoms with Crippen LogP contribution in [0.25, 0.3) is 0 Å². The lowest BCUT2D eigenvalue weighted by molar-refractivity contribution is 0.567. The van der Waals surface area contributed by atoms with Crippen LogP contribution in [0.2, 0.25) is 0 Å². The van der Waals surface area contributed by atoms with Crippen molar-refractivity contribution in [3.8, 4) is 0 Å². The number of thioether (sulfide) groups is 1. The Balaban J connectivity index is 2.07. The molecule has 0 aromatic heterocycles. The van der Waals surface area contributed by atoms with Gasteiger partial charge in [0.15, 0.2) is 0 Å². The molecule has 2 aliphatic rings. The number of hydrogen-bond donors (Lipinski definition) is 1. The van der Waals surface area contributed by atoms with E-state index in [1.54, 1.807) is 0 Å². The van der Waals surface area contributed by atoms with Gasteiger partial charge in [0, 0.05) is 23.4 Å². The highest BCUT2D eigenvalue weighted by Gasteiger charge is 2.27. The smallest absolute Gasteiger partial charge is 0.0520 e. The van der Waals surface area contributed by atoms with Gasteiger partial charge in [-0.15, -0.1) is 11.8 Å². The first-order valence-electron chi connectivity index (χ1n) is 3.30. The van der Waals surface area contributed by atoms with Gasteiger partial charge >= 0.3 is 0 Å². The summed E-state index contributed by atoms with van der Waals surface area (Å²) < 4.78 is 0. The predicted octanol–water partition coefficient (Wildman–Crippen LogP) is 0.492. The van der Waals surface area contributed by atoms with Crippen LogP contribution in [0.4, 0.5) is 0 Å². The summed E-state index contributed by atoms with van der Waals surface area (Å²) in [5.41, 5.74) is 0. The van der Waals surface area contributed by atoms with Gasteiger partial charge in [-0.25, -0.2) is 0 Å². The Morgan fingerprint density at radius 1 is 1.67 bits per heavy atom. The molecule has 2 atom stereocenters. The Kier molecular flexibility index (Phi) is 1.47. The highest BCUT2D eigenvalue weighted by molar-refractivity contribution is 8.00. The zero-order valence-corrected chi connectivity index (χ0v) is 6.03. The third kappa shape index (κ3) is 0.990. The predicted molar refractivity (Wildman–Crippen MR) is 41.1 cm³/mol. The molecule has 1 N–H and O–H groups in total. The monoisotopic (exact) mass is 142 g/mol. The summed E-state index contributed by atoms with van der Waals surface area (Å²) in [4.78, 5) is 4.23. The topological polar surface area (TPSA) is 24.4 Å². The van der Waals surface area contributed by atoms with E-state index in [2.05, 4.69) is 10.3 Å². The van der Waals surface area contributed by atoms with E-state index >= 15 is 0 Å². The van der Waals surface area contributed by atoms with Crippen LogP contribution in [0.15, 0.2) is 4.99 Å². The highest BCUT2D eigenvalue weighted by Crippen LogP contribution is 2.24. The first-order chi connectivity index (χ1) is 4.47. The number of fused-ring (bicyclic) bond motifs is 1. The van der Waals surface area contributed by atoms with Crippen LogP contribution >= 0.6 is 11.8 Å². The van der Waals surface area contributed by atoms with Crippen LogP contribution in [0, 0.1) is 0 Å². The fourth-order valence-corrected chi connectivity index (χ4v) is 2.45. The minimum Gasteiger partial charge on any atom is -0.304 e. The second-order valence-corrected chi connectivity index (χ2v) is 3.67. The number of nitrogens with zero attached hydrogens (tertiary/aromatic N) is 1. The maximum absolute atomic E-state index is 4.23. The molecular weight excluding hydrogens is 132 g/mol. The van der Waals surface area contributed by atoms with Crippen LogP contribution < -0.4 is 5.32 Å². The molecule has 0 bridgehead atoms. The molecule has 0 radical (unpaired) electrons. The fraction of sp³-hybridized carbons (Fsp3) is 0.833. The van der Waals surface area contributed by atoms with Gasteiger partial charge in [0.2, 0.25) is 0 Å². The molecule has 9 heavy (non-hydrogen) atoms. The minimum absolute atomic E-state index is 0.729. The molecule has 0 aliphatic carbocycles. The van der Waals surface area contributed by atoms with Crippen LogP contribution in [0.1, 0.15) is 6.42 Å². The molecule has 2 heterocycles. The SMILES string of the molecule is C1=NCC2SCNC2C1. The van der Waals surface area contributed by atoms with E-state index in [9.17, 15) is 0 Å². The van der Waals surface area contributed by atoms with Crippen molar-refractivity contribution in [2.24, 2.45) is 4.99 Å². The molecule has 0 aromatic rings. The fourth-order valence-electron chi connectivity index (χ4n) is 1.29. The van der Waals surface area contributed by atoms with E-state index < -0.39 is 0 Å². The van der Waals surface area contributed by atoms with Gasteiger partial charge in [0.1, 0.15) is 0 Å². The Hall–Kier alpha value is -0.0200. The molecule has 0 amide bonds. The number of nitrogens with one attached hydrogen (secondary N) is 1. The molecule has 2 aliphatic heterocycles. The van der Waals surface area contributed by atoms with Gasteiger partial charge in [0.05, 0.1) is 6.54 Å². The van der Waals surface area contributed by atoms with Crippen molar-refractivity contribution in [2.45, 2.75) is 17.7 Å². The van der Waals surface area contributed by atoms with Crippen LogP contribution in [-0.4, -0.2) is 29.9 Å². The number of hydrogen-bond acceptors (Lipinski definition) is 3. The van der Waals surface area contributed by atoms with E-state index in [1.165, 1.54) is 0 Å². The minimum atomic E-state index is 0.729. The van der Waals surface area contributed by atoms with Crippen molar-refractivity contribution in [3.05, 3.63) is 0 Å². The van der Waals surface area contributed by atoms with Crippen molar-refractivity contribution < 1.29 is 0 Å². The standard InChI is InChI=1S/C6H10N2S/c1-2-7-3-6-5(1)8-4-9-6/h2,5-6,8H,1,3-4H2. The molecule has 2 unspecified atom stereocenters. The Labute approximate surface area is 59.1 Å². The summed E-state index contributed by atoms with van der Waals surface area (Å²) in [7, 11) is 0. The molecule has 0 aromatic carbocycles. The van der Waals surface area contributed by atoms with Crippen LogP contribution in [0.5, 0.6) is 0 Å². The zero-order chi connectivity index (χ0) is 6.10. The average Bonchev–Trinajstić information content (AvgIpc) is 2.33. The molecule has 50 valence electrons. The largest absolute Gasteiger partial charge is 0.304 e. The van der Waals surface area contributed by atoms with Gasteiger partial charge in [-0.3, -0.25) is 4.99 Å². The quantitative estimate of drug-likeness (QED) is 0.532. The van der Waals surface area contributed by atoms with Crippen molar-refractivity contribution >= 4 is 18.0 Å². The maximum atomic E-state index is 4.23. The number of aliphatic imine (C=N–C) groups is 1. The molecule has 2 nitrogen and oxygen atoms in total. The summed E-state index contributed by atoms with van der Waals surface area (Å²) in [6.45, 7) is 1.03. The zero-order valence-electron chi connectivity index (χ0n) is 5.21. The first-order valence-corrected chi connectivity index (χ1v) is 4.35. The second-order valence-electron chi connectivity index (χ2n) is 2.44. The van der Waals surface area contributed by atoms with Gasteiger partial charge in [-0.05, 0) is 6.42 Å². The van der Waals surface area contributed by atoms with E-state index in [1.807, 2.05) is 18.0 Å². The molecule has 3 heteroatoms. The van der Waals surface area contributed by atoms with Crippen molar-refractivity contribution in [1.82, 2.24) is 5.32 Å². The van der Waals surface area contributed by atoms with Gasteiger partial charge in [0.25, 0.3) is 0 Å². The lowest BCUT2D eigenvalue weighted by atomic mass is 10.1. The average molecular weight is 142 g/mol. The molecule has 0 spiro atoms. The second kappa shape index (κ2) is 2.31. The van der Waals surface area contributed by atoms with Gasteiger partial charge in [-0.1, -0.05) is 0 Å². The lowest BCUT2D eigenvalue weighted by Gasteiger charge is -2.17. The third-order valence-corrected chi connectivity index (χ3v) is 3.10. The molecule has 1 saturated heterocycles. The maximum Gasteiger partial charge on any atom is 0.0520 e. The van der Waals surface area contributed by atoms with Gasteiger partial charge in [-0.2, -0.15) is 0 Å². The summed E-state index contributed by atoms with van der Waals surface area (Å²) >= 11 is 2.00.